The number of aryl methyl sites for hydroxylation is 2. The SMILES string of the molecule is CC(C)[Si](OCCOC1CC2(CNC2)C1)(C(C)C)C(C)C.Cc1ccc(S(=O)(=O)n2c3ccncc3c3ccc(Br)cc32)cc1.Cc1ccc(S(=O)(=O)n2c3ccncc3c3ccc(N4CC5(CC(OCCO[Si](C(C)C)(C(C)C)C(C)C)C5)C4)nc32)cc1.OCCOC1CC2(C1)CN(c1ccc3c(n1)[nH]c1ccncc13)C2. The molecule has 3 N–H and O–H groups in total. The molecule has 0 bridgehead atoms. The van der Waals surface area contributed by atoms with E-state index in [1.807, 2.05) is 68.6 Å². The van der Waals surface area contributed by atoms with E-state index in [0.29, 0.717) is 98.3 Å². The zero-order valence-electron chi connectivity index (χ0n) is 68.1. The second-order valence-electron chi connectivity index (χ2n) is 34.8. The van der Waals surface area contributed by atoms with E-state index in [0.717, 1.165) is 136 Å². The molecular formula is C87H114BrN11O10S2Si2. The first-order chi connectivity index (χ1) is 53.9. The van der Waals surface area contributed by atoms with Crippen molar-refractivity contribution in [2.24, 2.45) is 16.2 Å². The molecule has 6 fully saturated rings. The van der Waals surface area contributed by atoms with Gasteiger partial charge < -0.3 is 48.3 Å². The summed E-state index contributed by atoms with van der Waals surface area (Å²) in [6.45, 7) is 41.6. The molecule has 3 saturated carbocycles. The fourth-order valence-electron chi connectivity index (χ4n) is 19.9. The summed E-state index contributed by atoms with van der Waals surface area (Å²) in [4.78, 5) is 30.9. The number of hydrogen-bond acceptors (Lipinski definition) is 18. The molecule has 3 aliphatic heterocycles. The lowest BCUT2D eigenvalue weighted by Crippen LogP contribution is -2.64. The lowest BCUT2D eigenvalue weighted by atomic mass is 9.62. The van der Waals surface area contributed by atoms with Crippen molar-refractivity contribution in [2.45, 2.75) is 197 Å². The second kappa shape index (κ2) is 33.1. The van der Waals surface area contributed by atoms with E-state index in [-0.39, 0.29) is 27.9 Å². The van der Waals surface area contributed by atoms with Crippen molar-refractivity contribution in [2.75, 3.05) is 88.7 Å². The quantitative estimate of drug-likeness (QED) is 0.0356. The Morgan fingerprint density at radius 1 is 0.469 bits per heavy atom. The van der Waals surface area contributed by atoms with Gasteiger partial charge in [-0.2, -0.15) is 0 Å². The molecule has 0 amide bonds. The van der Waals surface area contributed by atoms with Crippen molar-refractivity contribution in [1.82, 2.24) is 43.2 Å². The highest BCUT2D eigenvalue weighted by atomic mass is 79.9. The number of aliphatic hydroxyl groups excluding tert-OH is 1. The molecule has 604 valence electrons. The van der Waals surface area contributed by atoms with Gasteiger partial charge in [-0.25, -0.2) is 34.7 Å². The first-order valence-electron chi connectivity index (χ1n) is 40.5. The molecule has 0 atom stereocenters. The van der Waals surface area contributed by atoms with Gasteiger partial charge in [0.1, 0.15) is 17.3 Å². The predicted molar refractivity (Wildman–Crippen MR) is 461 cm³/mol. The van der Waals surface area contributed by atoms with Crippen LogP contribution in [0.5, 0.6) is 0 Å². The van der Waals surface area contributed by atoms with Crippen LogP contribution in [0.3, 0.4) is 0 Å². The minimum atomic E-state index is -3.87. The Bertz CT molecular complexity index is 5360. The number of nitrogens with zero attached hydrogens (tertiary/aromatic N) is 9. The molecule has 3 spiro atoms. The van der Waals surface area contributed by atoms with Gasteiger partial charge in [0, 0.05) is 129 Å². The molecule has 8 aromatic heterocycles. The lowest BCUT2D eigenvalue weighted by Gasteiger charge is -2.59. The highest BCUT2D eigenvalue weighted by Crippen LogP contribution is 2.53. The number of halogens is 1. The van der Waals surface area contributed by atoms with Crippen LogP contribution in [-0.2, 0) is 43.1 Å². The van der Waals surface area contributed by atoms with Crippen molar-refractivity contribution in [3.05, 3.63) is 162 Å². The Labute approximate surface area is 677 Å². The monoisotopic (exact) mass is 1670 g/mol. The molecule has 113 heavy (non-hydrogen) atoms. The molecule has 3 saturated heterocycles. The summed E-state index contributed by atoms with van der Waals surface area (Å²) in [5.41, 5.74) is 11.3. The first-order valence-corrected chi connectivity index (χ1v) is 48.5. The van der Waals surface area contributed by atoms with Crippen LogP contribution in [0, 0.1) is 30.1 Å². The van der Waals surface area contributed by atoms with Gasteiger partial charge in [-0.1, -0.05) is 140 Å². The number of nitrogens with one attached hydrogen (secondary N) is 2. The summed E-state index contributed by atoms with van der Waals surface area (Å²) >= 11 is 3.43. The average Bonchev–Trinajstić information content (AvgIpc) is 1.58. The van der Waals surface area contributed by atoms with Gasteiger partial charge in [-0.3, -0.25) is 15.0 Å². The molecule has 26 heteroatoms. The van der Waals surface area contributed by atoms with Crippen molar-refractivity contribution >= 4 is 130 Å². The Hall–Kier alpha value is -7.06. The van der Waals surface area contributed by atoms with Crippen LogP contribution in [0.2, 0.25) is 33.2 Å². The minimum absolute atomic E-state index is 0.111. The summed E-state index contributed by atoms with van der Waals surface area (Å²) in [5.74, 6) is 1.83. The van der Waals surface area contributed by atoms with Gasteiger partial charge in [0.2, 0.25) is 0 Å². The molecule has 11 heterocycles. The van der Waals surface area contributed by atoms with Crippen LogP contribution in [0.25, 0.3) is 65.7 Å². The van der Waals surface area contributed by atoms with Gasteiger partial charge in [0.25, 0.3) is 20.0 Å². The Balaban J connectivity index is 0.000000132. The Morgan fingerprint density at radius 2 is 0.885 bits per heavy atom. The van der Waals surface area contributed by atoms with Gasteiger partial charge in [0.15, 0.2) is 22.3 Å². The zero-order chi connectivity index (χ0) is 80.2. The zero-order valence-corrected chi connectivity index (χ0v) is 73.3. The summed E-state index contributed by atoms with van der Waals surface area (Å²) in [6.07, 6.45) is 18.2. The molecule has 0 radical (unpaired) electrons. The normalized spacial score (nSPS) is 18.1. The highest BCUT2D eigenvalue weighted by molar-refractivity contribution is 9.10. The van der Waals surface area contributed by atoms with Crippen molar-refractivity contribution in [3.63, 3.8) is 0 Å². The summed E-state index contributed by atoms with van der Waals surface area (Å²) in [7, 11) is -11.2. The molecule has 3 aromatic carbocycles. The molecule has 6 aliphatic rings. The third-order valence-electron chi connectivity index (χ3n) is 25.4. The molecule has 17 rings (SSSR count). The fourth-order valence-corrected chi connectivity index (χ4v) is 34.1. The predicted octanol–water partition coefficient (Wildman–Crippen LogP) is 17.8. The number of aromatic nitrogens is 8. The van der Waals surface area contributed by atoms with E-state index in [1.165, 1.54) is 33.9 Å². The number of fused-ring (bicyclic) bond motifs is 9. The van der Waals surface area contributed by atoms with Crippen LogP contribution in [-0.4, -0.2) is 174 Å². The molecule has 11 aromatic rings. The van der Waals surface area contributed by atoms with Gasteiger partial charge in [0.05, 0.1) is 89.8 Å². The highest BCUT2D eigenvalue weighted by Gasteiger charge is 2.55. The number of aliphatic hydroxyl groups is 1. The fraction of sp³-hybridized carbons (Fsp3) is 0.506. The number of hydrogen-bond donors (Lipinski definition) is 3. The number of pyridine rings is 5. The Morgan fingerprint density at radius 3 is 1.35 bits per heavy atom. The molecular weight excluding hydrogens is 1560 g/mol. The third-order valence-corrected chi connectivity index (χ3v) is 41.6. The van der Waals surface area contributed by atoms with Crippen molar-refractivity contribution in [1.29, 1.82) is 0 Å². The maximum Gasteiger partial charge on any atom is 0.269 e. The van der Waals surface area contributed by atoms with E-state index in [1.54, 1.807) is 79.5 Å². The minimum Gasteiger partial charge on any atom is -0.414 e. The molecule has 21 nitrogen and oxygen atoms in total. The number of H-pyrrole nitrogens is 1. The van der Waals surface area contributed by atoms with E-state index in [2.05, 4.69) is 146 Å². The standard InChI is InChI=1S/C34H46N4O4SSi.C18H13BrN2O2S.C18H20N4O2.C17H35NO2Si/c1-23(2)44(24(3)4,25(5)6)42-17-16-41-27-18-34(19-27)21-37(22-34)32-13-12-29-30-20-35-15-14-31(30)38(33(29)36-32)43(39,40)28-10-8-26(7)9-11-28;1-12-2-5-14(6-3-12)24(22,23)21-17-8-9-20-11-16(17)15-7-4-13(19)10-18(15)21;23-5-6-24-12-7-18(8-12)10-22(11-18)16-2-1-13-14-9-19-4-3-15(14)20-17(13)21-16;1-13(2)21(14(3)4,15(5)6)20-8-7-19-16-9-17(10-16)11-18-12-17/h8-15,20,23-25,27H,16-19,21-22H2,1-7H3;2-11H,1H3;1-4,9,12,23H,5-8,10-11H2,(H,20,21);13-16,18H,7-12H2,1-6H3. The maximum atomic E-state index is 13.9. The molecule has 0 unspecified atom stereocenters. The summed E-state index contributed by atoms with van der Waals surface area (Å²) in [5, 5.41) is 17.7. The number of benzene rings is 3. The average molecular weight is 1670 g/mol. The number of ether oxygens (including phenoxy) is 3. The lowest BCUT2D eigenvalue weighted by molar-refractivity contribution is -0.108. The van der Waals surface area contributed by atoms with Gasteiger partial charge in [-0.15, -0.1) is 0 Å². The van der Waals surface area contributed by atoms with Crippen molar-refractivity contribution < 1.29 is 45.0 Å². The van der Waals surface area contributed by atoms with Crippen LogP contribution in [0.1, 0.15) is 133 Å². The van der Waals surface area contributed by atoms with Gasteiger partial charge >= 0.3 is 0 Å². The van der Waals surface area contributed by atoms with Gasteiger partial charge in [-0.05, 0) is 164 Å². The number of anilines is 2. The molecule has 3 aliphatic carbocycles. The van der Waals surface area contributed by atoms with E-state index < -0.39 is 36.7 Å². The van der Waals surface area contributed by atoms with Crippen LogP contribution < -0.4 is 15.1 Å². The Kier molecular flexibility index (Phi) is 24.2. The number of aromatic amines is 1. The topological polar surface area (TPSA) is 243 Å². The third kappa shape index (κ3) is 16.1. The largest absolute Gasteiger partial charge is 0.414 e. The van der Waals surface area contributed by atoms with E-state index >= 15 is 0 Å². The summed E-state index contributed by atoms with van der Waals surface area (Å²) < 4.78 is 89.1. The van der Waals surface area contributed by atoms with Crippen LogP contribution >= 0.6 is 15.9 Å². The number of rotatable bonds is 25. The van der Waals surface area contributed by atoms with E-state index in [4.69, 9.17) is 38.1 Å². The smallest absolute Gasteiger partial charge is 0.269 e. The second-order valence-corrected chi connectivity index (χ2v) is 50.2. The first kappa shape index (κ1) is 82.5. The maximum absolute atomic E-state index is 13.9. The van der Waals surface area contributed by atoms with Crippen LogP contribution in [0.15, 0.2) is 161 Å². The van der Waals surface area contributed by atoms with Crippen molar-refractivity contribution in [3.8, 4) is 0 Å². The van der Waals surface area contributed by atoms with E-state index in [9.17, 15) is 16.8 Å². The summed E-state index contributed by atoms with van der Waals surface area (Å²) in [6, 6.07) is 33.2. The van der Waals surface area contributed by atoms with Crippen LogP contribution in [0.4, 0.5) is 11.6 Å².